The SMILES string of the molecule is CC(C)N(C(=O)c1ccc(Cl)cc1)c1ccc(Oc2ncccc2C(F)(F)F)cc1C(=O)O. The number of benzene rings is 2. The molecular formula is C23H18ClF3N2O4. The fraction of sp³-hybridized carbons (Fsp3) is 0.174. The van der Waals surface area contributed by atoms with Crippen molar-refractivity contribution in [2.75, 3.05) is 4.90 Å². The Morgan fingerprint density at radius 3 is 2.33 bits per heavy atom. The summed E-state index contributed by atoms with van der Waals surface area (Å²) in [6.45, 7) is 3.40. The number of carboxylic acids is 1. The van der Waals surface area contributed by atoms with Crippen LogP contribution in [0.2, 0.25) is 5.02 Å². The monoisotopic (exact) mass is 478 g/mol. The van der Waals surface area contributed by atoms with E-state index in [1.165, 1.54) is 41.3 Å². The fourth-order valence-electron chi connectivity index (χ4n) is 3.11. The molecule has 0 atom stereocenters. The predicted octanol–water partition coefficient (Wildman–Crippen LogP) is 6.30. The van der Waals surface area contributed by atoms with Gasteiger partial charge in [0.1, 0.15) is 11.3 Å². The molecule has 3 rings (SSSR count). The predicted molar refractivity (Wildman–Crippen MR) is 116 cm³/mol. The maximum absolute atomic E-state index is 13.2. The molecule has 3 aromatic rings. The number of alkyl halides is 3. The molecule has 0 aliphatic rings. The molecule has 0 spiro atoms. The Hall–Kier alpha value is -3.59. The smallest absolute Gasteiger partial charge is 0.421 e. The number of carbonyl (C=O) groups is 2. The van der Waals surface area contributed by atoms with E-state index in [1.54, 1.807) is 13.8 Å². The summed E-state index contributed by atoms with van der Waals surface area (Å²) < 4.78 is 44.9. The minimum atomic E-state index is -4.71. The van der Waals surface area contributed by atoms with Gasteiger partial charge in [-0.2, -0.15) is 13.2 Å². The lowest BCUT2D eigenvalue weighted by molar-refractivity contribution is -0.138. The maximum Gasteiger partial charge on any atom is 0.421 e. The second-order valence-corrected chi connectivity index (χ2v) is 7.65. The van der Waals surface area contributed by atoms with Gasteiger partial charge in [-0.1, -0.05) is 11.6 Å². The van der Waals surface area contributed by atoms with Gasteiger partial charge in [0.15, 0.2) is 0 Å². The molecular weight excluding hydrogens is 461 g/mol. The number of nitrogens with zero attached hydrogens (tertiary/aromatic N) is 2. The number of carboxylic acid groups (broad SMARTS) is 1. The Bertz CT molecular complexity index is 1180. The average molecular weight is 479 g/mol. The Morgan fingerprint density at radius 1 is 1.09 bits per heavy atom. The first-order chi connectivity index (χ1) is 15.5. The van der Waals surface area contributed by atoms with Crippen molar-refractivity contribution in [3.63, 3.8) is 0 Å². The number of rotatable bonds is 6. The van der Waals surface area contributed by atoms with Crippen molar-refractivity contribution in [1.82, 2.24) is 4.98 Å². The van der Waals surface area contributed by atoms with Crippen LogP contribution in [0.1, 0.15) is 40.1 Å². The fourth-order valence-corrected chi connectivity index (χ4v) is 3.24. The van der Waals surface area contributed by atoms with Gasteiger partial charge in [-0.15, -0.1) is 0 Å². The molecule has 0 saturated carbocycles. The number of aromatic carboxylic acids is 1. The molecule has 172 valence electrons. The van der Waals surface area contributed by atoms with Crippen molar-refractivity contribution in [3.8, 4) is 11.6 Å². The van der Waals surface area contributed by atoms with Gasteiger partial charge in [-0.3, -0.25) is 4.79 Å². The normalized spacial score (nSPS) is 11.4. The van der Waals surface area contributed by atoms with E-state index in [1.807, 2.05) is 0 Å². The second kappa shape index (κ2) is 9.50. The first-order valence-corrected chi connectivity index (χ1v) is 10.0. The summed E-state index contributed by atoms with van der Waals surface area (Å²) >= 11 is 5.87. The van der Waals surface area contributed by atoms with Crippen molar-refractivity contribution < 1.29 is 32.6 Å². The van der Waals surface area contributed by atoms with E-state index in [2.05, 4.69) is 4.98 Å². The highest BCUT2D eigenvalue weighted by atomic mass is 35.5. The summed E-state index contributed by atoms with van der Waals surface area (Å²) in [6, 6.07) is 11.2. The second-order valence-electron chi connectivity index (χ2n) is 7.22. The molecule has 0 saturated heterocycles. The Kier molecular flexibility index (Phi) is 6.92. The number of carbonyl (C=O) groups excluding carboxylic acids is 1. The molecule has 1 N–H and O–H groups in total. The lowest BCUT2D eigenvalue weighted by Crippen LogP contribution is -2.38. The highest BCUT2D eigenvalue weighted by molar-refractivity contribution is 6.30. The maximum atomic E-state index is 13.2. The number of aromatic nitrogens is 1. The van der Waals surface area contributed by atoms with E-state index in [-0.39, 0.29) is 22.6 Å². The molecule has 33 heavy (non-hydrogen) atoms. The van der Waals surface area contributed by atoms with E-state index < -0.39 is 35.5 Å². The quantitative estimate of drug-likeness (QED) is 0.449. The summed E-state index contributed by atoms with van der Waals surface area (Å²) in [5.41, 5.74) is -1.09. The zero-order chi connectivity index (χ0) is 24.3. The number of amides is 1. The molecule has 6 nitrogen and oxygen atoms in total. The van der Waals surface area contributed by atoms with Gasteiger partial charge >= 0.3 is 12.1 Å². The number of pyridine rings is 1. The van der Waals surface area contributed by atoms with Crippen LogP contribution in [0.3, 0.4) is 0 Å². The molecule has 0 aliphatic heterocycles. The van der Waals surface area contributed by atoms with Gasteiger partial charge in [0, 0.05) is 22.8 Å². The average Bonchev–Trinajstić information content (AvgIpc) is 2.74. The lowest BCUT2D eigenvalue weighted by atomic mass is 10.1. The largest absolute Gasteiger partial charge is 0.478 e. The van der Waals surface area contributed by atoms with Gasteiger partial charge in [-0.25, -0.2) is 9.78 Å². The van der Waals surface area contributed by atoms with E-state index in [0.29, 0.717) is 5.02 Å². The molecule has 0 bridgehead atoms. The zero-order valence-electron chi connectivity index (χ0n) is 17.4. The summed E-state index contributed by atoms with van der Waals surface area (Å²) in [4.78, 5) is 30.0. The van der Waals surface area contributed by atoms with Crippen molar-refractivity contribution in [2.24, 2.45) is 0 Å². The van der Waals surface area contributed by atoms with Crippen molar-refractivity contribution in [1.29, 1.82) is 0 Å². The number of ether oxygens (including phenoxy) is 1. The van der Waals surface area contributed by atoms with E-state index in [4.69, 9.17) is 16.3 Å². The topological polar surface area (TPSA) is 79.7 Å². The Labute approximate surface area is 192 Å². The molecule has 10 heteroatoms. The van der Waals surface area contributed by atoms with Gasteiger partial charge in [0.25, 0.3) is 5.91 Å². The van der Waals surface area contributed by atoms with Crippen LogP contribution in [0.4, 0.5) is 18.9 Å². The minimum Gasteiger partial charge on any atom is -0.478 e. The lowest BCUT2D eigenvalue weighted by Gasteiger charge is -2.28. The summed E-state index contributed by atoms with van der Waals surface area (Å²) in [7, 11) is 0. The van der Waals surface area contributed by atoms with Crippen LogP contribution in [0.25, 0.3) is 0 Å². The van der Waals surface area contributed by atoms with Crippen LogP contribution in [-0.4, -0.2) is 28.0 Å². The van der Waals surface area contributed by atoms with Crippen LogP contribution in [-0.2, 0) is 6.18 Å². The van der Waals surface area contributed by atoms with E-state index >= 15 is 0 Å². The van der Waals surface area contributed by atoms with Gasteiger partial charge < -0.3 is 14.7 Å². The number of hydrogen-bond donors (Lipinski definition) is 1. The molecule has 1 aromatic heterocycles. The third kappa shape index (κ3) is 5.43. The van der Waals surface area contributed by atoms with Crippen LogP contribution >= 0.6 is 11.6 Å². The highest BCUT2D eigenvalue weighted by Crippen LogP contribution is 2.37. The van der Waals surface area contributed by atoms with Crippen molar-refractivity contribution in [2.45, 2.75) is 26.1 Å². The molecule has 2 aromatic carbocycles. The van der Waals surface area contributed by atoms with Crippen LogP contribution in [0.15, 0.2) is 60.8 Å². The molecule has 1 amide bonds. The Morgan fingerprint density at radius 2 is 1.76 bits per heavy atom. The van der Waals surface area contributed by atoms with Gasteiger partial charge in [0.05, 0.1) is 11.3 Å². The molecule has 0 fully saturated rings. The first kappa shape index (κ1) is 24.1. The number of hydrogen-bond acceptors (Lipinski definition) is 4. The third-order valence-corrected chi connectivity index (χ3v) is 4.83. The third-order valence-electron chi connectivity index (χ3n) is 4.58. The summed E-state index contributed by atoms with van der Waals surface area (Å²) in [5, 5.41) is 10.2. The Balaban J connectivity index is 2.03. The standard InChI is InChI=1S/C23H18ClF3N2O4/c1-13(2)29(21(30)14-5-7-15(24)8-6-14)19-10-9-16(12-17(19)22(31)32)33-20-18(23(25,26)27)4-3-11-28-20/h3-13H,1-2H3,(H,31,32). The summed E-state index contributed by atoms with van der Waals surface area (Å²) in [5.74, 6) is -2.75. The van der Waals surface area contributed by atoms with Crippen LogP contribution in [0, 0.1) is 0 Å². The molecule has 0 unspecified atom stereocenters. The highest BCUT2D eigenvalue weighted by Gasteiger charge is 2.35. The minimum absolute atomic E-state index is 0.0573. The van der Waals surface area contributed by atoms with Gasteiger partial charge in [-0.05, 0) is 68.4 Å². The van der Waals surface area contributed by atoms with Crippen LogP contribution < -0.4 is 9.64 Å². The van der Waals surface area contributed by atoms with Crippen molar-refractivity contribution >= 4 is 29.2 Å². The molecule has 0 aliphatic carbocycles. The molecule has 1 heterocycles. The van der Waals surface area contributed by atoms with Gasteiger partial charge in [0.2, 0.25) is 5.88 Å². The van der Waals surface area contributed by atoms with E-state index in [0.717, 1.165) is 24.4 Å². The zero-order valence-corrected chi connectivity index (χ0v) is 18.2. The van der Waals surface area contributed by atoms with Crippen molar-refractivity contribution in [3.05, 3.63) is 82.5 Å². The van der Waals surface area contributed by atoms with Crippen LogP contribution in [0.5, 0.6) is 11.6 Å². The first-order valence-electron chi connectivity index (χ1n) is 9.65. The number of halogens is 4. The summed E-state index contributed by atoms with van der Waals surface area (Å²) in [6.07, 6.45) is -3.58. The van der Waals surface area contributed by atoms with E-state index in [9.17, 15) is 27.9 Å². The molecule has 0 radical (unpaired) electrons. The number of anilines is 1.